The predicted octanol–water partition coefficient (Wildman–Crippen LogP) is 1.32. The van der Waals surface area contributed by atoms with Crippen molar-refractivity contribution in [3.8, 4) is 0 Å². The molecule has 0 aliphatic carbocycles. The minimum absolute atomic E-state index is 0.139. The summed E-state index contributed by atoms with van der Waals surface area (Å²) < 4.78 is 22.9. The van der Waals surface area contributed by atoms with Crippen molar-refractivity contribution in [1.82, 2.24) is 4.98 Å². The lowest BCUT2D eigenvalue weighted by molar-refractivity contribution is 0.102. The lowest BCUT2D eigenvalue weighted by Crippen LogP contribution is -2.14. The summed E-state index contributed by atoms with van der Waals surface area (Å²) in [5, 5.41) is 2.58. The molecule has 7 heteroatoms. The lowest BCUT2D eigenvalue weighted by Gasteiger charge is -2.06. The summed E-state index contributed by atoms with van der Waals surface area (Å²) >= 11 is 0. The molecule has 0 spiro atoms. The van der Waals surface area contributed by atoms with Crippen LogP contribution in [0.1, 0.15) is 10.5 Å². The molecule has 104 valence electrons. The van der Waals surface area contributed by atoms with Crippen LogP contribution in [-0.2, 0) is 9.84 Å². The summed E-state index contributed by atoms with van der Waals surface area (Å²) in [6.07, 6.45) is 2.48. The topological polar surface area (TPSA) is 102 Å². The van der Waals surface area contributed by atoms with Crippen LogP contribution in [0.15, 0.2) is 47.5 Å². The third-order valence-electron chi connectivity index (χ3n) is 2.54. The van der Waals surface area contributed by atoms with Crippen LogP contribution in [0.4, 0.5) is 11.4 Å². The van der Waals surface area contributed by atoms with Gasteiger partial charge in [-0.15, -0.1) is 0 Å². The van der Waals surface area contributed by atoms with E-state index in [4.69, 9.17) is 5.73 Å². The number of carbonyl (C=O) groups is 1. The lowest BCUT2D eigenvalue weighted by atomic mass is 10.3. The third kappa shape index (κ3) is 3.33. The summed E-state index contributed by atoms with van der Waals surface area (Å²) in [4.78, 5) is 16.0. The van der Waals surface area contributed by atoms with Crippen LogP contribution in [-0.4, -0.2) is 25.6 Å². The first-order chi connectivity index (χ1) is 9.36. The highest BCUT2D eigenvalue weighted by Crippen LogP contribution is 2.16. The van der Waals surface area contributed by atoms with Crippen molar-refractivity contribution in [2.75, 3.05) is 17.3 Å². The van der Waals surface area contributed by atoms with E-state index in [0.29, 0.717) is 11.4 Å². The molecule has 0 saturated carbocycles. The minimum Gasteiger partial charge on any atom is -0.397 e. The maximum atomic E-state index is 11.9. The highest BCUT2D eigenvalue weighted by atomic mass is 32.2. The van der Waals surface area contributed by atoms with Crippen LogP contribution >= 0.6 is 0 Å². The molecule has 0 atom stereocenters. The molecule has 0 aliphatic heterocycles. The van der Waals surface area contributed by atoms with E-state index in [9.17, 15) is 13.2 Å². The van der Waals surface area contributed by atoms with Gasteiger partial charge in [-0.2, -0.15) is 0 Å². The molecule has 1 amide bonds. The first-order valence-corrected chi connectivity index (χ1v) is 7.58. The van der Waals surface area contributed by atoms with Gasteiger partial charge in [0, 0.05) is 11.9 Å². The Morgan fingerprint density at radius 1 is 1.25 bits per heavy atom. The van der Waals surface area contributed by atoms with Crippen LogP contribution in [0.2, 0.25) is 0 Å². The SMILES string of the molecule is CS(=O)(=O)c1cccc(NC(=O)c2ccc(N)cn2)c1. The number of aromatic nitrogens is 1. The molecule has 0 unspecified atom stereocenters. The molecule has 2 rings (SSSR count). The van der Waals surface area contributed by atoms with Gasteiger partial charge in [0.05, 0.1) is 16.8 Å². The van der Waals surface area contributed by atoms with E-state index in [1.807, 2.05) is 0 Å². The second-order valence-corrected chi connectivity index (χ2v) is 6.25. The van der Waals surface area contributed by atoms with Crippen LogP contribution in [0, 0.1) is 0 Å². The molecular formula is C13H13N3O3S. The van der Waals surface area contributed by atoms with Gasteiger partial charge in [0.2, 0.25) is 0 Å². The van der Waals surface area contributed by atoms with E-state index >= 15 is 0 Å². The molecule has 6 nitrogen and oxygen atoms in total. The molecule has 1 heterocycles. The fraction of sp³-hybridized carbons (Fsp3) is 0.0769. The number of nitrogens with zero attached hydrogens (tertiary/aromatic N) is 1. The van der Waals surface area contributed by atoms with Gasteiger partial charge in [-0.3, -0.25) is 4.79 Å². The second-order valence-electron chi connectivity index (χ2n) is 4.23. The highest BCUT2D eigenvalue weighted by molar-refractivity contribution is 7.90. The van der Waals surface area contributed by atoms with E-state index in [1.165, 1.54) is 24.4 Å². The maximum absolute atomic E-state index is 11.9. The zero-order valence-corrected chi connectivity index (χ0v) is 11.5. The number of anilines is 2. The quantitative estimate of drug-likeness (QED) is 0.888. The van der Waals surface area contributed by atoms with Crippen molar-refractivity contribution >= 4 is 27.1 Å². The number of rotatable bonds is 3. The molecule has 0 saturated heterocycles. The highest BCUT2D eigenvalue weighted by Gasteiger charge is 2.10. The Morgan fingerprint density at radius 2 is 2.00 bits per heavy atom. The van der Waals surface area contributed by atoms with Gasteiger partial charge in [-0.1, -0.05) is 6.07 Å². The van der Waals surface area contributed by atoms with Crippen LogP contribution < -0.4 is 11.1 Å². The van der Waals surface area contributed by atoms with Gasteiger partial charge in [-0.25, -0.2) is 13.4 Å². The van der Waals surface area contributed by atoms with E-state index < -0.39 is 15.7 Å². The number of pyridine rings is 1. The first-order valence-electron chi connectivity index (χ1n) is 5.69. The predicted molar refractivity (Wildman–Crippen MR) is 76.2 cm³/mol. The monoisotopic (exact) mass is 291 g/mol. The van der Waals surface area contributed by atoms with Gasteiger partial charge in [0.1, 0.15) is 5.69 Å². The zero-order valence-electron chi connectivity index (χ0n) is 10.7. The standard InChI is InChI=1S/C13H13N3O3S/c1-20(18,19)11-4-2-3-10(7-11)16-13(17)12-6-5-9(14)8-15-12/h2-8H,14H2,1H3,(H,16,17). The van der Waals surface area contributed by atoms with Gasteiger partial charge in [0.15, 0.2) is 9.84 Å². The van der Waals surface area contributed by atoms with E-state index in [2.05, 4.69) is 10.3 Å². The smallest absolute Gasteiger partial charge is 0.274 e. The molecule has 20 heavy (non-hydrogen) atoms. The van der Waals surface area contributed by atoms with Gasteiger partial charge in [0.25, 0.3) is 5.91 Å². The number of nitrogens with one attached hydrogen (secondary N) is 1. The third-order valence-corrected chi connectivity index (χ3v) is 3.65. The maximum Gasteiger partial charge on any atom is 0.274 e. The molecule has 1 aromatic heterocycles. The summed E-state index contributed by atoms with van der Waals surface area (Å²) in [6, 6.07) is 9.07. The Hall–Kier alpha value is -2.41. The second kappa shape index (κ2) is 5.30. The number of nitrogens with two attached hydrogens (primary N) is 1. The number of hydrogen-bond donors (Lipinski definition) is 2. The summed E-state index contributed by atoms with van der Waals surface area (Å²) in [5.41, 5.74) is 6.53. The van der Waals surface area contributed by atoms with Crippen LogP contribution in [0.3, 0.4) is 0 Å². The molecule has 0 bridgehead atoms. The summed E-state index contributed by atoms with van der Waals surface area (Å²) in [5.74, 6) is -0.435. The Labute approximate surface area is 116 Å². The van der Waals surface area contributed by atoms with E-state index in [0.717, 1.165) is 6.26 Å². The van der Waals surface area contributed by atoms with Crippen molar-refractivity contribution in [3.05, 3.63) is 48.3 Å². The fourth-order valence-corrected chi connectivity index (χ4v) is 2.21. The van der Waals surface area contributed by atoms with E-state index in [-0.39, 0.29) is 10.6 Å². The van der Waals surface area contributed by atoms with Gasteiger partial charge in [-0.05, 0) is 30.3 Å². The molecule has 0 aliphatic rings. The molecule has 0 radical (unpaired) electrons. The number of carbonyl (C=O) groups excluding carboxylic acids is 1. The Morgan fingerprint density at radius 3 is 2.60 bits per heavy atom. The Bertz CT molecular complexity index is 740. The number of benzene rings is 1. The molecule has 3 N–H and O–H groups in total. The van der Waals surface area contributed by atoms with E-state index in [1.54, 1.807) is 18.2 Å². The van der Waals surface area contributed by atoms with Gasteiger partial charge < -0.3 is 11.1 Å². The molecule has 1 aromatic carbocycles. The number of amides is 1. The number of nitrogen functional groups attached to an aromatic ring is 1. The average molecular weight is 291 g/mol. The van der Waals surface area contributed by atoms with Crippen molar-refractivity contribution in [1.29, 1.82) is 0 Å². The summed E-state index contributed by atoms with van der Waals surface area (Å²) in [6.45, 7) is 0. The van der Waals surface area contributed by atoms with Crippen molar-refractivity contribution in [2.45, 2.75) is 4.90 Å². The van der Waals surface area contributed by atoms with Crippen LogP contribution in [0.5, 0.6) is 0 Å². The average Bonchev–Trinajstić information content (AvgIpc) is 2.38. The normalized spacial score (nSPS) is 11.1. The largest absolute Gasteiger partial charge is 0.397 e. The van der Waals surface area contributed by atoms with Crippen molar-refractivity contribution < 1.29 is 13.2 Å². The zero-order chi connectivity index (χ0) is 14.8. The first kappa shape index (κ1) is 14.0. The van der Waals surface area contributed by atoms with Crippen molar-refractivity contribution in [3.63, 3.8) is 0 Å². The van der Waals surface area contributed by atoms with Crippen molar-refractivity contribution in [2.24, 2.45) is 0 Å². The number of sulfone groups is 1. The summed E-state index contributed by atoms with van der Waals surface area (Å²) in [7, 11) is -3.31. The van der Waals surface area contributed by atoms with Crippen LogP contribution in [0.25, 0.3) is 0 Å². The molecule has 0 fully saturated rings. The Balaban J connectivity index is 2.22. The fourth-order valence-electron chi connectivity index (χ4n) is 1.54. The molecule has 2 aromatic rings. The minimum atomic E-state index is -3.31. The Kier molecular flexibility index (Phi) is 3.71. The van der Waals surface area contributed by atoms with Gasteiger partial charge >= 0.3 is 0 Å². The number of hydrogen-bond acceptors (Lipinski definition) is 5. The molecular weight excluding hydrogens is 278 g/mol.